The molecule has 1 saturated heterocycles. The summed E-state index contributed by atoms with van der Waals surface area (Å²) < 4.78 is 0. The van der Waals surface area contributed by atoms with Gasteiger partial charge in [-0.25, -0.2) is 0 Å². The first-order valence-corrected chi connectivity index (χ1v) is 6.87. The Hall–Kier alpha value is -1.95. The number of benzene rings is 1. The van der Waals surface area contributed by atoms with Crippen LogP contribution in [0.5, 0.6) is 0 Å². The lowest BCUT2D eigenvalue weighted by Crippen LogP contribution is -2.47. The number of piperidine rings is 1. The van der Waals surface area contributed by atoms with Crippen LogP contribution >= 0.6 is 12.2 Å². The Labute approximate surface area is 122 Å². The molecule has 2 N–H and O–H groups in total. The van der Waals surface area contributed by atoms with Gasteiger partial charge in [-0.15, -0.1) is 0 Å². The molecular weight excluding hydrogens is 276 g/mol. The summed E-state index contributed by atoms with van der Waals surface area (Å²) in [4.78, 5) is 24.7. The average Bonchev–Trinajstić information content (AvgIpc) is 2.48. The highest BCUT2D eigenvalue weighted by Crippen LogP contribution is 2.17. The number of nitrogens with one attached hydrogen (secondary N) is 1. The van der Waals surface area contributed by atoms with E-state index in [1.54, 1.807) is 24.3 Å². The number of carboxylic acid groups (broad SMARTS) is 1. The third-order valence-electron chi connectivity index (χ3n) is 3.39. The summed E-state index contributed by atoms with van der Waals surface area (Å²) in [5.74, 6) is -1.31. The molecule has 6 heteroatoms. The smallest absolute Gasteiger partial charge is 0.306 e. The highest BCUT2D eigenvalue weighted by Gasteiger charge is 2.26. The number of rotatable bonds is 2. The van der Waals surface area contributed by atoms with Gasteiger partial charge in [-0.3, -0.25) is 14.9 Å². The van der Waals surface area contributed by atoms with Crippen LogP contribution < -0.4 is 5.32 Å². The Morgan fingerprint density at radius 3 is 2.35 bits per heavy atom. The zero-order valence-electron chi connectivity index (χ0n) is 10.9. The second-order valence-corrected chi connectivity index (χ2v) is 5.11. The van der Waals surface area contributed by atoms with E-state index in [4.69, 9.17) is 17.3 Å². The van der Waals surface area contributed by atoms with Crippen molar-refractivity contribution in [3.05, 3.63) is 35.9 Å². The molecule has 1 aliphatic rings. The van der Waals surface area contributed by atoms with Crippen molar-refractivity contribution < 1.29 is 14.7 Å². The van der Waals surface area contributed by atoms with Crippen LogP contribution in [0.3, 0.4) is 0 Å². The van der Waals surface area contributed by atoms with Crippen LogP contribution in [0.4, 0.5) is 0 Å². The summed E-state index contributed by atoms with van der Waals surface area (Å²) in [7, 11) is 0. The van der Waals surface area contributed by atoms with E-state index < -0.39 is 5.97 Å². The topological polar surface area (TPSA) is 69.6 Å². The third-order valence-corrected chi connectivity index (χ3v) is 3.75. The molecule has 2 rings (SSSR count). The lowest BCUT2D eigenvalue weighted by atomic mass is 9.97. The summed E-state index contributed by atoms with van der Waals surface area (Å²) in [6.07, 6.45) is 1.10. The maximum atomic E-state index is 12.0. The number of hydrogen-bond acceptors (Lipinski definition) is 3. The number of carbonyl (C=O) groups is 2. The monoisotopic (exact) mass is 292 g/mol. The SMILES string of the molecule is O=C(NC(=S)N1CCC(C(=O)O)CC1)c1ccccc1. The molecule has 5 nitrogen and oxygen atoms in total. The fourth-order valence-electron chi connectivity index (χ4n) is 2.17. The Kier molecular flexibility index (Phi) is 4.68. The number of nitrogens with zero attached hydrogens (tertiary/aromatic N) is 1. The van der Waals surface area contributed by atoms with Crippen molar-refractivity contribution in [2.45, 2.75) is 12.8 Å². The molecule has 0 aliphatic carbocycles. The minimum Gasteiger partial charge on any atom is -0.481 e. The van der Waals surface area contributed by atoms with E-state index in [9.17, 15) is 9.59 Å². The average molecular weight is 292 g/mol. The summed E-state index contributed by atoms with van der Waals surface area (Å²) in [6, 6.07) is 8.85. The van der Waals surface area contributed by atoms with Crippen LogP contribution in [0, 0.1) is 5.92 Å². The van der Waals surface area contributed by atoms with Gasteiger partial charge in [0.25, 0.3) is 5.91 Å². The molecule has 1 aromatic rings. The van der Waals surface area contributed by atoms with Crippen LogP contribution in [-0.4, -0.2) is 40.1 Å². The fourth-order valence-corrected chi connectivity index (χ4v) is 2.44. The minimum atomic E-state index is -0.760. The van der Waals surface area contributed by atoms with E-state index in [1.165, 1.54) is 0 Å². The van der Waals surface area contributed by atoms with Gasteiger partial charge in [-0.05, 0) is 37.2 Å². The van der Waals surface area contributed by atoms with Gasteiger partial charge >= 0.3 is 5.97 Å². The molecule has 0 bridgehead atoms. The highest BCUT2D eigenvalue weighted by atomic mass is 32.1. The van der Waals surface area contributed by atoms with Crippen LogP contribution in [0.2, 0.25) is 0 Å². The number of likely N-dealkylation sites (tertiary alicyclic amines) is 1. The summed E-state index contributed by atoms with van der Waals surface area (Å²) in [5.41, 5.74) is 0.551. The fraction of sp³-hybridized carbons (Fsp3) is 0.357. The molecule has 1 fully saturated rings. The van der Waals surface area contributed by atoms with Crippen LogP contribution in [-0.2, 0) is 4.79 Å². The molecule has 1 amide bonds. The zero-order valence-corrected chi connectivity index (χ0v) is 11.7. The van der Waals surface area contributed by atoms with Crippen molar-refractivity contribution in [2.24, 2.45) is 5.92 Å². The van der Waals surface area contributed by atoms with Gasteiger partial charge in [-0.1, -0.05) is 18.2 Å². The molecule has 1 aromatic carbocycles. The van der Waals surface area contributed by atoms with Gasteiger partial charge in [0.1, 0.15) is 0 Å². The highest BCUT2D eigenvalue weighted by molar-refractivity contribution is 7.80. The number of carbonyl (C=O) groups excluding carboxylic acids is 1. The third kappa shape index (κ3) is 3.54. The van der Waals surface area contributed by atoms with Gasteiger partial charge < -0.3 is 10.0 Å². The summed E-state index contributed by atoms with van der Waals surface area (Å²) in [6.45, 7) is 1.12. The van der Waals surface area contributed by atoms with E-state index in [2.05, 4.69) is 5.32 Å². The van der Waals surface area contributed by atoms with Crippen molar-refractivity contribution in [3.63, 3.8) is 0 Å². The second kappa shape index (κ2) is 6.47. The molecule has 0 unspecified atom stereocenters. The van der Waals surface area contributed by atoms with Crippen molar-refractivity contribution >= 4 is 29.2 Å². The number of thiocarbonyl (C=S) groups is 1. The number of hydrogen-bond donors (Lipinski definition) is 2. The van der Waals surface area contributed by atoms with Crippen molar-refractivity contribution in [1.29, 1.82) is 0 Å². The summed E-state index contributed by atoms with van der Waals surface area (Å²) in [5, 5.41) is 12.0. The second-order valence-electron chi connectivity index (χ2n) is 4.72. The molecule has 1 aliphatic heterocycles. The van der Waals surface area contributed by atoms with Crippen LogP contribution in [0.1, 0.15) is 23.2 Å². The Morgan fingerprint density at radius 2 is 1.80 bits per heavy atom. The van der Waals surface area contributed by atoms with E-state index in [0.717, 1.165) is 0 Å². The van der Waals surface area contributed by atoms with Gasteiger partial charge in [-0.2, -0.15) is 0 Å². The van der Waals surface area contributed by atoms with Gasteiger partial charge in [0.2, 0.25) is 0 Å². The largest absolute Gasteiger partial charge is 0.481 e. The van der Waals surface area contributed by atoms with E-state index >= 15 is 0 Å². The molecule has 0 radical (unpaired) electrons. The molecule has 0 spiro atoms. The molecular formula is C14H16N2O3S. The van der Waals surface area contributed by atoms with E-state index in [1.807, 2.05) is 11.0 Å². The first kappa shape index (κ1) is 14.5. The van der Waals surface area contributed by atoms with E-state index in [0.29, 0.717) is 36.6 Å². The number of aliphatic carboxylic acids is 1. The first-order chi connectivity index (χ1) is 9.58. The number of carboxylic acids is 1. The summed E-state index contributed by atoms with van der Waals surface area (Å²) >= 11 is 5.20. The molecule has 106 valence electrons. The Morgan fingerprint density at radius 1 is 1.20 bits per heavy atom. The minimum absolute atomic E-state index is 0.240. The maximum Gasteiger partial charge on any atom is 0.306 e. The van der Waals surface area contributed by atoms with Crippen molar-refractivity contribution in [2.75, 3.05) is 13.1 Å². The normalized spacial score (nSPS) is 15.7. The van der Waals surface area contributed by atoms with E-state index in [-0.39, 0.29) is 11.8 Å². The predicted octanol–water partition coefficient (Wildman–Crippen LogP) is 1.50. The van der Waals surface area contributed by atoms with Crippen LogP contribution in [0.15, 0.2) is 30.3 Å². The van der Waals surface area contributed by atoms with Crippen molar-refractivity contribution in [1.82, 2.24) is 10.2 Å². The first-order valence-electron chi connectivity index (χ1n) is 6.46. The molecule has 20 heavy (non-hydrogen) atoms. The lowest BCUT2D eigenvalue weighted by molar-refractivity contribution is -0.143. The van der Waals surface area contributed by atoms with Gasteiger partial charge in [0.15, 0.2) is 5.11 Å². The maximum absolute atomic E-state index is 12.0. The van der Waals surface area contributed by atoms with Gasteiger partial charge in [0, 0.05) is 18.7 Å². The van der Waals surface area contributed by atoms with Crippen molar-refractivity contribution in [3.8, 4) is 0 Å². The number of amides is 1. The Bertz CT molecular complexity index is 510. The lowest BCUT2D eigenvalue weighted by Gasteiger charge is -2.31. The molecule has 0 aromatic heterocycles. The standard InChI is InChI=1S/C14H16N2O3S/c17-12(10-4-2-1-3-5-10)15-14(20)16-8-6-11(7-9-16)13(18)19/h1-5,11H,6-9H2,(H,18,19)(H,15,17,20). The molecule has 0 saturated carbocycles. The predicted molar refractivity (Wildman–Crippen MR) is 78.4 cm³/mol. The van der Waals surface area contributed by atoms with Gasteiger partial charge in [0.05, 0.1) is 5.92 Å². The zero-order chi connectivity index (χ0) is 14.5. The molecule has 1 heterocycles. The quantitative estimate of drug-likeness (QED) is 0.808. The Balaban J connectivity index is 1.87. The molecule has 0 atom stereocenters. The van der Waals surface area contributed by atoms with Crippen LogP contribution in [0.25, 0.3) is 0 Å².